The molecule has 0 aromatic carbocycles. The topological polar surface area (TPSA) is 92.4 Å². The van der Waals surface area contributed by atoms with E-state index in [1.807, 2.05) is 31.4 Å². The van der Waals surface area contributed by atoms with Crippen molar-refractivity contribution in [2.75, 3.05) is 0 Å². The van der Waals surface area contributed by atoms with Gasteiger partial charge in [-0.15, -0.1) is 11.3 Å². The predicted molar refractivity (Wildman–Crippen MR) is 91.9 cm³/mol. The number of thiophene rings is 1. The highest BCUT2D eigenvalue weighted by Crippen LogP contribution is 2.26. The van der Waals surface area contributed by atoms with Crippen LogP contribution in [0.4, 0.5) is 0 Å². The number of aryl methyl sites for hydroxylation is 1. The van der Waals surface area contributed by atoms with E-state index >= 15 is 0 Å². The van der Waals surface area contributed by atoms with Gasteiger partial charge in [0.2, 0.25) is 11.8 Å². The first-order valence-electron chi connectivity index (χ1n) is 7.74. The number of carboxylic acids is 1. The fourth-order valence-corrected chi connectivity index (χ4v) is 2.97. The van der Waals surface area contributed by atoms with E-state index in [0.717, 1.165) is 4.88 Å². The van der Waals surface area contributed by atoms with Gasteiger partial charge in [-0.25, -0.2) is 4.98 Å². The molecule has 2 heterocycles. The second-order valence-corrected chi connectivity index (χ2v) is 7.31. The lowest BCUT2D eigenvalue weighted by atomic mass is 9.85. The summed E-state index contributed by atoms with van der Waals surface area (Å²) in [7, 11) is 0. The third-order valence-electron chi connectivity index (χ3n) is 4.17. The number of amides is 1. The molecule has 0 fully saturated rings. The fourth-order valence-electron chi connectivity index (χ4n) is 2.32. The molecule has 1 amide bonds. The van der Waals surface area contributed by atoms with Gasteiger partial charge in [-0.05, 0) is 31.2 Å². The SMILES string of the molecule is Cc1oc(-c2cccs2)nc1CC(=O)NC(C)(CC(=O)O)C(C)C. The highest BCUT2D eigenvalue weighted by molar-refractivity contribution is 7.13. The minimum absolute atomic E-state index is 0.0161. The second kappa shape index (κ2) is 7.17. The number of carboxylic acid groups (broad SMARTS) is 1. The summed E-state index contributed by atoms with van der Waals surface area (Å²) in [4.78, 5) is 28.7. The van der Waals surface area contributed by atoms with Crippen LogP contribution in [0.5, 0.6) is 0 Å². The Kier molecular flexibility index (Phi) is 5.43. The van der Waals surface area contributed by atoms with Gasteiger partial charge in [0.1, 0.15) is 5.76 Å². The van der Waals surface area contributed by atoms with Crippen molar-refractivity contribution in [1.82, 2.24) is 10.3 Å². The van der Waals surface area contributed by atoms with Crippen LogP contribution in [0.2, 0.25) is 0 Å². The van der Waals surface area contributed by atoms with E-state index in [4.69, 9.17) is 9.52 Å². The normalized spacial score (nSPS) is 13.7. The van der Waals surface area contributed by atoms with E-state index in [1.54, 1.807) is 13.8 Å². The Hall–Kier alpha value is -2.15. The molecule has 0 saturated carbocycles. The van der Waals surface area contributed by atoms with Crippen molar-refractivity contribution in [2.45, 2.75) is 46.1 Å². The van der Waals surface area contributed by atoms with Crippen LogP contribution in [0.25, 0.3) is 10.8 Å². The molecular weight excluding hydrogens is 328 g/mol. The largest absolute Gasteiger partial charge is 0.481 e. The quantitative estimate of drug-likeness (QED) is 0.799. The van der Waals surface area contributed by atoms with Crippen molar-refractivity contribution in [2.24, 2.45) is 5.92 Å². The average molecular weight is 350 g/mol. The third kappa shape index (κ3) is 4.23. The molecule has 7 heteroatoms. The number of aliphatic carboxylic acids is 1. The van der Waals surface area contributed by atoms with Crippen molar-refractivity contribution in [3.8, 4) is 10.8 Å². The van der Waals surface area contributed by atoms with E-state index < -0.39 is 11.5 Å². The van der Waals surface area contributed by atoms with Crippen molar-refractivity contribution >= 4 is 23.2 Å². The highest BCUT2D eigenvalue weighted by atomic mass is 32.1. The molecule has 0 aliphatic carbocycles. The second-order valence-electron chi connectivity index (χ2n) is 6.37. The van der Waals surface area contributed by atoms with Crippen LogP contribution in [-0.4, -0.2) is 27.5 Å². The summed E-state index contributed by atoms with van der Waals surface area (Å²) in [5, 5.41) is 13.9. The summed E-state index contributed by atoms with van der Waals surface area (Å²) in [5.41, 5.74) is -0.241. The monoisotopic (exact) mass is 350 g/mol. The molecule has 0 spiro atoms. The fraction of sp³-hybridized carbons (Fsp3) is 0.471. The molecule has 1 atom stereocenters. The lowest BCUT2D eigenvalue weighted by molar-refractivity contribution is -0.139. The first-order valence-corrected chi connectivity index (χ1v) is 8.62. The van der Waals surface area contributed by atoms with Crippen LogP contribution in [0.15, 0.2) is 21.9 Å². The van der Waals surface area contributed by atoms with Crippen molar-refractivity contribution in [1.29, 1.82) is 0 Å². The van der Waals surface area contributed by atoms with Gasteiger partial charge >= 0.3 is 5.97 Å². The zero-order chi connectivity index (χ0) is 17.9. The molecule has 2 N–H and O–H groups in total. The van der Waals surface area contributed by atoms with Crippen molar-refractivity contribution in [3.05, 3.63) is 29.0 Å². The van der Waals surface area contributed by atoms with Gasteiger partial charge in [-0.3, -0.25) is 9.59 Å². The number of hydrogen-bond acceptors (Lipinski definition) is 5. The number of carbonyl (C=O) groups excluding carboxylic acids is 1. The molecule has 0 bridgehead atoms. The Morgan fingerprint density at radius 3 is 2.71 bits per heavy atom. The molecule has 24 heavy (non-hydrogen) atoms. The van der Waals surface area contributed by atoms with E-state index in [-0.39, 0.29) is 24.7 Å². The Morgan fingerprint density at radius 2 is 2.17 bits per heavy atom. The molecule has 1 unspecified atom stereocenters. The molecule has 2 aromatic heterocycles. The molecule has 6 nitrogen and oxygen atoms in total. The maximum atomic E-state index is 12.4. The number of rotatable bonds is 7. The Bertz CT molecular complexity index is 721. The first kappa shape index (κ1) is 18.2. The van der Waals surface area contributed by atoms with Gasteiger partial charge in [0, 0.05) is 5.54 Å². The van der Waals surface area contributed by atoms with E-state index in [1.165, 1.54) is 11.3 Å². The summed E-state index contributed by atoms with van der Waals surface area (Å²) >= 11 is 1.52. The van der Waals surface area contributed by atoms with Crippen LogP contribution < -0.4 is 5.32 Å². The number of nitrogens with zero attached hydrogens (tertiary/aromatic N) is 1. The summed E-state index contributed by atoms with van der Waals surface area (Å²) in [5.74, 6) is -0.121. The zero-order valence-electron chi connectivity index (χ0n) is 14.3. The van der Waals surface area contributed by atoms with E-state index in [2.05, 4.69) is 10.3 Å². The molecule has 0 aliphatic heterocycles. The number of aromatic nitrogens is 1. The van der Waals surface area contributed by atoms with Crippen LogP contribution in [0.3, 0.4) is 0 Å². The number of oxazole rings is 1. The minimum atomic E-state index is -0.941. The highest BCUT2D eigenvalue weighted by Gasteiger charge is 2.33. The van der Waals surface area contributed by atoms with Crippen LogP contribution in [0.1, 0.15) is 38.6 Å². The van der Waals surface area contributed by atoms with Gasteiger partial charge < -0.3 is 14.8 Å². The molecule has 0 radical (unpaired) electrons. The molecule has 130 valence electrons. The lowest BCUT2D eigenvalue weighted by Gasteiger charge is -2.33. The minimum Gasteiger partial charge on any atom is -0.481 e. The molecule has 2 aromatic rings. The Labute approximate surface area is 144 Å². The molecule has 0 aliphatic rings. The summed E-state index contributed by atoms with van der Waals surface area (Å²) in [6.45, 7) is 7.29. The standard InChI is InChI=1S/C17H22N2O4S/c1-10(2)17(4,9-15(21)22)19-14(20)8-12-11(3)23-16(18-12)13-6-5-7-24-13/h5-7,10H,8-9H2,1-4H3,(H,19,20)(H,21,22). The Morgan fingerprint density at radius 1 is 1.46 bits per heavy atom. The maximum Gasteiger partial charge on any atom is 0.305 e. The number of nitrogens with one attached hydrogen (secondary N) is 1. The first-order chi connectivity index (χ1) is 11.2. The van der Waals surface area contributed by atoms with E-state index in [9.17, 15) is 9.59 Å². The Balaban J connectivity index is 2.10. The van der Waals surface area contributed by atoms with Crippen LogP contribution >= 0.6 is 11.3 Å². The van der Waals surface area contributed by atoms with Crippen molar-refractivity contribution in [3.63, 3.8) is 0 Å². The van der Waals surface area contributed by atoms with Gasteiger partial charge in [-0.2, -0.15) is 0 Å². The zero-order valence-corrected chi connectivity index (χ0v) is 15.1. The summed E-state index contributed by atoms with van der Waals surface area (Å²) in [6, 6.07) is 3.81. The van der Waals surface area contributed by atoms with Gasteiger partial charge in [0.15, 0.2) is 0 Å². The number of carbonyl (C=O) groups is 2. The molecular formula is C17H22N2O4S. The van der Waals surface area contributed by atoms with Crippen LogP contribution in [0, 0.1) is 12.8 Å². The van der Waals surface area contributed by atoms with Gasteiger partial charge in [0.25, 0.3) is 0 Å². The van der Waals surface area contributed by atoms with E-state index in [0.29, 0.717) is 17.3 Å². The van der Waals surface area contributed by atoms with Crippen LogP contribution in [-0.2, 0) is 16.0 Å². The molecule has 0 saturated heterocycles. The predicted octanol–water partition coefficient (Wildman–Crippen LogP) is 3.26. The third-order valence-corrected chi connectivity index (χ3v) is 5.03. The lowest BCUT2D eigenvalue weighted by Crippen LogP contribution is -2.51. The maximum absolute atomic E-state index is 12.4. The van der Waals surface area contributed by atoms with Gasteiger partial charge in [-0.1, -0.05) is 19.9 Å². The summed E-state index contributed by atoms with van der Waals surface area (Å²) < 4.78 is 5.63. The smallest absolute Gasteiger partial charge is 0.305 e. The number of hydrogen-bond donors (Lipinski definition) is 2. The van der Waals surface area contributed by atoms with Crippen molar-refractivity contribution < 1.29 is 19.1 Å². The molecule has 2 rings (SSSR count). The summed E-state index contributed by atoms with van der Waals surface area (Å²) in [6.07, 6.45) is -0.0721. The van der Waals surface area contributed by atoms with Gasteiger partial charge in [0.05, 0.1) is 23.4 Å². The average Bonchev–Trinajstić information content (AvgIpc) is 3.08.